The number of aromatic amines is 1. The fourth-order valence-electron chi connectivity index (χ4n) is 7.05. The summed E-state index contributed by atoms with van der Waals surface area (Å²) in [6.07, 6.45) is 8.17. The number of nitrogens with one attached hydrogen (secondary N) is 2. The number of aliphatic hydroxyl groups is 1. The van der Waals surface area contributed by atoms with Gasteiger partial charge in [0.25, 0.3) is 0 Å². The molecule has 1 aromatic carbocycles. The lowest BCUT2D eigenvalue weighted by Crippen LogP contribution is -2.40. The van der Waals surface area contributed by atoms with Crippen molar-refractivity contribution in [2.24, 2.45) is 4.99 Å². The predicted molar refractivity (Wildman–Crippen MR) is 163 cm³/mol. The number of benzene rings is 1. The molecule has 1 amide bonds. The van der Waals surface area contributed by atoms with Crippen molar-refractivity contribution in [2.75, 3.05) is 38.5 Å². The lowest BCUT2D eigenvalue weighted by atomic mass is 9.88. The number of amidine groups is 1. The number of alkyl carbamates (subject to hydrolysis) is 1. The van der Waals surface area contributed by atoms with Crippen molar-refractivity contribution in [3.05, 3.63) is 40.9 Å². The molecule has 0 aliphatic carbocycles. The SMILES string of the molecule is CCOC(=O)NC1CCN(/C(=N/C(O)CCC23CCCN2CCC3)c2cnc(-c3cc(Cl)cc4[nH]ncc34)c(F)c2N)C1. The number of carbonyl (C=O) groups excluding carboxylic acids is 1. The fourth-order valence-corrected chi connectivity index (χ4v) is 7.27. The summed E-state index contributed by atoms with van der Waals surface area (Å²) in [6, 6.07) is 3.13. The molecule has 3 saturated heterocycles. The van der Waals surface area contributed by atoms with E-state index < -0.39 is 18.1 Å². The molecule has 0 saturated carbocycles. The van der Waals surface area contributed by atoms with Gasteiger partial charge in [0.1, 0.15) is 17.8 Å². The first-order chi connectivity index (χ1) is 20.8. The molecule has 3 aromatic rings. The van der Waals surface area contributed by atoms with E-state index in [2.05, 4.69) is 25.4 Å². The second-order valence-corrected chi connectivity index (χ2v) is 12.2. The molecule has 5 heterocycles. The highest BCUT2D eigenvalue weighted by atomic mass is 35.5. The second kappa shape index (κ2) is 12.3. The number of aromatic nitrogens is 3. The van der Waals surface area contributed by atoms with Gasteiger partial charge in [0.05, 0.1) is 35.6 Å². The quantitative estimate of drug-likeness (QED) is 0.218. The molecule has 0 bridgehead atoms. The third kappa shape index (κ3) is 5.87. The molecule has 230 valence electrons. The van der Waals surface area contributed by atoms with Crippen LogP contribution in [0.1, 0.15) is 57.4 Å². The zero-order valence-electron chi connectivity index (χ0n) is 24.3. The highest BCUT2D eigenvalue weighted by molar-refractivity contribution is 6.31. The summed E-state index contributed by atoms with van der Waals surface area (Å²) < 4.78 is 21.1. The fraction of sp³-hybridized carbons (Fsp3) is 0.533. The summed E-state index contributed by atoms with van der Waals surface area (Å²) in [6.45, 7) is 5.16. The number of aliphatic imine (C=N–C) groups is 1. The van der Waals surface area contributed by atoms with Gasteiger partial charge in [0, 0.05) is 40.8 Å². The van der Waals surface area contributed by atoms with E-state index in [0.717, 1.165) is 32.4 Å². The standard InChI is InChI=1S/C30H38ClFN8O3/c1-2-43-29(42)36-19-6-12-39(17-19)28(37-24(41)5-9-30-7-3-10-40(30)11-4-8-30)22-15-34-27(25(32)26(22)33)20-13-18(31)14-23-21(20)16-35-38-23/h13-16,19,24,41H,2-12,17H2,1H3,(H2,33,34)(H,35,38)(H,36,42)/b37-28+. The Morgan fingerprint density at radius 1 is 1.33 bits per heavy atom. The minimum absolute atomic E-state index is 0.0417. The molecule has 43 heavy (non-hydrogen) atoms. The highest BCUT2D eigenvalue weighted by Gasteiger charge is 2.43. The first kappa shape index (κ1) is 29.6. The predicted octanol–water partition coefficient (Wildman–Crippen LogP) is 4.29. The normalized spacial score (nSPS) is 21.0. The zero-order valence-corrected chi connectivity index (χ0v) is 25.0. The number of pyridine rings is 1. The summed E-state index contributed by atoms with van der Waals surface area (Å²) in [5.41, 5.74) is 7.90. The number of carbonyl (C=O) groups is 1. The highest BCUT2D eigenvalue weighted by Crippen LogP contribution is 2.42. The number of hydrogen-bond donors (Lipinski definition) is 4. The van der Waals surface area contributed by atoms with Gasteiger partial charge in [-0.25, -0.2) is 14.2 Å². The van der Waals surface area contributed by atoms with Crippen molar-refractivity contribution in [3.8, 4) is 11.3 Å². The number of nitrogen functional groups attached to an aromatic ring is 1. The molecule has 5 N–H and O–H groups in total. The average Bonchev–Trinajstić information content (AvgIpc) is 3.77. The van der Waals surface area contributed by atoms with Crippen LogP contribution in [-0.4, -0.2) is 92.6 Å². The lowest BCUT2D eigenvalue weighted by molar-refractivity contribution is 0.122. The maximum absolute atomic E-state index is 16.1. The number of hydrogen-bond acceptors (Lipinski definition) is 8. The van der Waals surface area contributed by atoms with Crippen molar-refractivity contribution in [2.45, 2.75) is 69.7 Å². The molecule has 11 nitrogen and oxygen atoms in total. The van der Waals surface area contributed by atoms with E-state index in [1.165, 1.54) is 19.0 Å². The van der Waals surface area contributed by atoms with E-state index in [1.807, 2.05) is 4.90 Å². The molecule has 3 aliphatic rings. The van der Waals surface area contributed by atoms with Gasteiger partial charge in [0.2, 0.25) is 0 Å². The lowest BCUT2D eigenvalue weighted by Gasteiger charge is -2.32. The maximum atomic E-state index is 16.1. The monoisotopic (exact) mass is 612 g/mol. The summed E-state index contributed by atoms with van der Waals surface area (Å²) in [5.74, 6) is -0.362. The van der Waals surface area contributed by atoms with Crippen molar-refractivity contribution in [1.29, 1.82) is 0 Å². The summed E-state index contributed by atoms with van der Waals surface area (Å²) in [7, 11) is 0. The number of H-pyrrole nitrogens is 1. The van der Waals surface area contributed by atoms with Gasteiger partial charge in [-0.2, -0.15) is 5.10 Å². The molecule has 0 radical (unpaired) electrons. The van der Waals surface area contributed by atoms with Gasteiger partial charge in [-0.05, 0) is 77.1 Å². The third-order valence-corrected chi connectivity index (χ3v) is 9.33. The van der Waals surface area contributed by atoms with Crippen LogP contribution in [0.4, 0.5) is 14.9 Å². The van der Waals surface area contributed by atoms with Gasteiger partial charge < -0.3 is 25.8 Å². The Kier molecular flexibility index (Phi) is 8.43. The Bertz CT molecular complexity index is 1520. The van der Waals surface area contributed by atoms with Crippen LogP contribution in [-0.2, 0) is 4.74 Å². The van der Waals surface area contributed by atoms with Gasteiger partial charge in [-0.1, -0.05) is 11.6 Å². The molecule has 2 atom stereocenters. The van der Waals surface area contributed by atoms with Crippen LogP contribution in [0.2, 0.25) is 5.02 Å². The van der Waals surface area contributed by atoms with Crippen LogP contribution in [0.5, 0.6) is 0 Å². The Balaban J connectivity index is 1.31. The number of fused-ring (bicyclic) bond motifs is 2. The van der Waals surface area contributed by atoms with Crippen LogP contribution in [0, 0.1) is 5.82 Å². The van der Waals surface area contributed by atoms with Crippen molar-refractivity contribution in [1.82, 2.24) is 30.3 Å². The van der Waals surface area contributed by atoms with E-state index in [0.29, 0.717) is 53.3 Å². The molecular formula is C30H38ClFN8O3. The summed E-state index contributed by atoms with van der Waals surface area (Å²) in [5, 5.41) is 22.0. The summed E-state index contributed by atoms with van der Waals surface area (Å²) >= 11 is 6.30. The van der Waals surface area contributed by atoms with E-state index in [9.17, 15) is 9.90 Å². The van der Waals surface area contributed by atoms with Crippen molar-refractivity contribution < 1.29 is 19.0 Å². The van der Waals surface area contributed by atoms with Gasteiger partial charge in [-0.3, -0.25) is 15.0 Å². The molecular weight excluding hydrogens is 575 g/mol. The Hall–Kier alpha value is -3.48. The first-order valence-electron chi connectivity index (χ1n) is 15.0. The Morgan fingerprint density at radius 3 is 2.88 bits per heavy atom. The molecule has 2 unspecified atom stereocenters. The number of nitrogens with zero attached hydrogens (tertiary/aromatic N) is 5. The van der Waals surface area contributed by atoms with Crippen molar-refractivity contribution in [3.63, 3.8) is 0 Å². The Labute approximate surface area is 254 Å². The van der Waals surface area contributed by atoms with Crippen LogP contribution in [0.25, 0.3) is 22.2 Å². The van der Waals surface area contributed by atoms with E-state index >= 15 is 4.39 Å². The van der Waals surface area contributed by atoms with Crippen LogP contribution < -0.4 is 11.1 Å². The number of aliphatic hydroxyl groups excluding tert-OH is 1. The molecule has 0 spiro atoms. The zero-order chi connectivity index (χ0) is 30.1. The van der Waals surface area contributed by atoms with Crippen LogP contribution in [0.3, 0.4) is 0 Å². The molecule has 6 rings (SSSR count). The minimum Gasteiger partial charge on any atom is -0.450 e. The number of anilines is 1. The van der Waals surface area contributed by atoms with Crippen LogP contribution in [0.15, 0.2) is 29.5 Å². The topological polar surface area (TPSA) is 145 Å². The average molecular weight is 613 g/mol. The first-order valence-corrected chi connectivity index (χ1v) is 15.4. The van der Waals surface area contributed by atoms with Crippen LogP contribution >= 0.6 is 11.6 Å². The molecule has 13 heteroatoms. The summed E-state index contributed by atoms with van der Waals surface area (Å²) in [4.78, 5) is 25.7. The van der Waals surface area contributed by atoms with E-state index in [-0.39, 0.29) is 35.1 Å². The molecule has 3 aliphatic heterocycles. The van der Waals surface area contributed by atoms with Gasteiger partial charge in [0.15, 0.2) is 5.82 Å². The van der Waals surface area contributed by atoms with Gasteiger partial charge in [-0.15, -0.1) is 0 Å². The van der Waals surface area contributed by atoms with E-state index in [4.69, 9.17) is 27.1 Å². The smallest absolute Gasteiger partial charge is 0.407 e. The van der Waals surface area contributed by atoms with Crippen molar-refractivity contribution >= 4 is 40.1 Å². The number of amides is 1. The second-order valence-electron chi connectivity index (χ2n) is 11.7. The Morgan fingerprint density at radius 2 is 2.12 bits per heavy atom. The molecule has 2 aromatic heterocycles. The number of nitrogens with two attached hydrogens (primary N) is 1. The number of rotatable bonds is 8. The number of likely N-dealkylation sites (tertiary alicyclic amines) is 1. The number of halogens is 2. The largest absolute Gasteiger partial charge is 0.450 e. The van der Waals surface area contributed by atoms with E-state index in [1.54, 1.807) is 25.3 Å². The third-order valence-electron chi connectivity index (χ3n) is 9.11. The number of ether oxygens (including phenoxy) is 1. The molecule has 3 fully saturated rings. The van der Waals surface area contributed by atoms with Gasteiger partial charge >= 0.3 is 6.09 Å². The maximum Gasteiger partial charge on any atom is 0.407 e. The minimum atomic E-state index is -1.01.